The fourth-order valence-electron chi connectivity index (χ4n) is 21.9. The van der Waals surface area contributed by atoms with E-state index in [1.165, 1.54) is 32.9 Å². The number of rotatable bonds is 5. The Bertz CT molecular complexity index is 5550. The third-order valence-corrected chi connectivity index (χ3v) is 29.5. The fourth-order valence-corrected chi connectivity index (χ4v) is 21.9. The van der Waals surface area contributed by atoms with Crippen molar-refractivity contribution in [1.29, 1.82) is 0 Å². The third kappa shape index (κ3) is 22.4. The average molecular weight is 2070 g/mol. The second-order valence-corrected chi connectivity index (χ2v) is 42.2. The number of hydrogen-bond donors (Lipinski definition) is 3. The van der Waals surface area contributed by atoms with Crippen molar-refractivity contribution in [2.75, 3.05) is 19.6 Å². The summed E-state index contributed by atoms with van der Waals surface area (Å²) in [5.41, 5.74) is 0.117. The second kappa shape index (κ2) is 41.6. The summed E-state index contributed by atoms with van der Waals surface area (Å²) in [5.74, 6) is -1.68. The summed E-state index contributed by atoms with van der Waals surface area (Å²) in [6.45, 7) is 24.1. The summed E-state index contributed by atoms with van der Waals surface area (Å²) < 4.78 is 149. The molecule has 33 nitrogen and oxygen atoms in total. The minimum absolute atomic E-state index is 0. The van der Waals surface area contributed by atoms with Gasteiger partial charge in [-0.25, -0.2) is 63.1 Å². The first-order valence-corrected chi connectivity index (χ1v) is 48.2. The number of carbonyl (C=O) groups excluding carboxylic acids is 9. The van der Waals surface area contributed by atoms with Crippen LogP contribution in [0.1, 0.15) is 236 Å². The van der Waals surface area contributed by atoms with Crippen molar-refractivity contribution in [2.45, 2.75) is 329 Å². The molecule has 13 aliphatic rings. The van der Waals surface area contributed by atoms with Gasteiger partial charge in [-0.15, -0.1) is 26.3 Å². The number of aryl methyl sites for hydroxylation is 3. The molecular formula is C98H119F6N12O21V3-3. The smallest absolute Gasteiger partial charge is 0.540 e. The number of carbonyl (C=O) groups is 6. The van der Waals surface area contributed by atoms with Crippen molar-refractivity contribution < 1.29 is 182 Å². The molecule has 7 fully saturated rings. The van der Waals surface area contributed by atoms with E-state index in [9.17, 15) is 69.5 Å². The molecule has 19 rings (SSSR count). The summed E-state index contributed by atoms with van der Waals surface area (Å²) in [6.07, 6.45) is 8.47. The van der Waals surface area contributed by atoms with Crippen LogP contribution in [0.3, 0.4) is 0 Å². The van der Waals surface area contributed by atoms with E-state index in [2.05, 4.69) is 51.4 Å². The van der Waals surface area contributed by atoms with Crippen molar-refractivity contribution in [3.05, 3.63) is 53.5 Å². The second-order valence-electron chi connectivity index (χ2n) is 42.2. The van der Waals surface area contributed by atoms with Crippen molar-refractivity contribution in [1.82, 2.24) is 60.6 Å². The van der Waals surface area contributed by atoms with Crippen molar-refractivity contribution in [2.24, 2.45) is 63.6 Å². The maximum atomic E-state index is 14.2. The normalized spacial score (nSPS) is 31.1. The van der Waals surface area contributed by atoms with Gasteiger partial charge in [0.25, 0.3) is 0 Å². The molecule has 20 atom stereocenters. The fraction of sp³-hybridized carbons (Fsp3) is 0.663. The molecule has 6 bridgehead atoms. The topological polar surface area (TPSA) is 388 Å². The number of nitrogens with zero attached hydrogens (tertiary/aromatic N) is 9. The summed E-state index contributed by atoms with van der Waals surface area (Å²) in [6, 6.07) is 3.00. The molecule has 42 heteroatoms. The minimum atomic E-state index is -3.84. The molecule has 140 heavy (non-hydrogen) atoms. The van der Waals surface area contributed by atoms with Crippen LogP contribution in [0.5, 0.6) is 52.1 Å². The number of hydrogen-bond acceptors (Lipinski definition) is 27. The van der Waals surface area contributed by atoms with Gasteiger partial charge in [-0.2, -0.15) is 0 Å². The van der Waals surface area contributed by atoms with Gasteiger partial charge in [-0.1, -0.05) is 153 Å². The molecule has 9 aliphatic heterocycles. The van der Waals surface area contributed by atoms with Gasteiger partial charge in [-0.3, -0.25) is 14.4 Å². The maximum absolute atomic E-state index is 14.2. The first-order valence-electron chi connectivity index (χ1n) is 48.2. The van der Waals surface area contributed by atoms with Crippen LogP contribution in [-0.4, -0.2) is 210 Å². The molecule has 3 N–H and O–H groups in total. The molecule has 6 amide bonds. The van der Waals surface area contributed by atoms with E-state index < -0.39 is 149 Å². The SMILES string of the molecule is CC[C@@H]1[C@@H]2CN(C(=O)[C@H](C(C)(C)C)NC(=O)O[C@@H]3CC4CC4[C@H]3CCCCCc3nc4ccc5c(c4nc3O2)OC(F)(F)O5)[C@@H]1[C-]=O.CC[C@@H]1[C@@H]2CN(C(=O)[C@H](C(C)(C)C)NC(=O)O[C@]3(C)CCC[C@H]3CCCCCc3nc4ccc5c(c4nc3O2)OC(F)(F)O5)[C@@H]1[C-]=O.C[C@@H]1[C@@H]2CN(C(=O)[C@H](C(C)(C)C)NC(=O)O[C@@H]3C[C@H]3CCCCCc3nc4ccc5c(c4nc3O2)OC(F)(F)O5)[C@@H]1[C-]=O.[V].[V].[V]. The molecule has 12 heterocycles. The van der Waals surface area contributed by atoms with Gasteiger partial charge in [0.2, 0.25) is 52.6 Å². The zero-order valence-electron chi connectivity index (χ0n) is 80.5. The number of ether oxygens (including phenoxy) is 12. The number of nitrogens with one attached hydrogen (secondary N) is 3. The number of alkyl halides is 6. The zero-order valence-corrected chi connectivity index (χ0v) is 84.7. The van der Waals surface area contributed by atoms with Crippen LogP contribution in [0.2, 0.25) is 0 Å². The Hall–Kier alpha value is -9.56. The quantitative estimate of drug-likeness (QED) is 0.0819. The zero-order chi connectivity index (χ0) is 97.7. The monoisotopic (exact) mass is 2070 g/mol. The van der Waals surface area contributed by atoms with Gasteiger partial charge in [0.1, 0.15) is 87.9 Å². The minimum Gasteiger partial charge on any atom is -0.540 e. The summed E-state index contributed by atoms with van der Waals surface area (Å²) in [7, 11) is 0. The number of amides is 6. The van der Waals surface area contributed by atoms with E-state index in [4.69, 9.17) is 57.6 Å². The molecular weight excluding hydrogens is 1950 g/mol. The molecule has 3 radical (unpaired) electrons. The number of halogens is 6. The largest absolute Gasteiger partial charge is 0.586 e. The van der Waals surface area contributed by atoms with E-state index in [0.29, 0.717) is 77.6 Å². The molecule has 3 saturated heterocycles. The van der Waals surface area contributed by atoms with E-state index in [0.717, 1.165) is 116 Å². The molecule has 3 aromatic carbocycles. The van der Waals surface area contributed by atoms with E-state index in [-0.39, 0.29) is 174 Å². The van der Waals surface area contributed by atoms with Crippen LogP contribution in [0.15, 0.2) is 36.4 Å². The first-order chi connectivity index (χ1) is 64.9. The average Bonchev–Trinajstić information content (AvgIpc) is 1.59. The standard InChI is InChI=1S/C34H41F2N4O7.C34H43F2N4O7.C30H35F2N4O7.3V/c1-5-18-23(16-41)40-15-26(18)44-30-22(37-21-11-12-24-28(27(21)38-30)47-34(35,36)46-24)10-8-6-7-9-19-20-13-17(20)14-25(19)45-32(43)39-29(31(40)42)33(2,3)4;1-6-20-23(18-41)40-17-25(20)44-29-22(37-21-14-15-24-27(26(21)38-29)46-34(35,36)45-24)13-9-7-8-11-19-12-10-16-33(19,5)47-31(43)39-28(30(40)42)32(2,3)4;1-15-19(14-37)36-13-22(15)40-26-18(33-17-10-11-20-24(23(17)34-26)43-30(31,32)42-20)9-7-5-6-8-16-12-21(16)41-28(39)35-25(27(36)38)29(2,3)4;;;/h11-12,17-20,23,25-26,29H,5-10,13-15H2,1-4H3,(H,39,43);14-15,19-20,23,25,28H,6-13,16-17H2,1-5H3,(H,39,43);10-11,15-16,19,21-22,25H,5-9,12-13H2,1-4H3,(H,35,39);;;/q3*-1;;;/t17?,18-,19+,20?,23+,25+,26-,29+;19-,20+,23-,25+,28-,33-;15-,16+,19+,21+,22-,25+;;;/m010.../s1. The van der Waals surface area contributed by atoms with Crippen LogP contribution in [0.25, 0.3) is 33.1 Å². The molecule has 4 saturated carbocycles. The van der Waals surface area contributed by atoms with E-state index in [1.54, 1.807) is 25.1 Å². The van der Waals surface area contributed by atoms with Gasteiger partial charge in [0.05, 0.1) is 36.2 Å². The summed E-state index contributed by atoms with van der Waals surface area (Å²) >= 11 is 0. The van der Waals surface area contributed by atoms with Crippen molar-refractivity contribution in [3.63, 3.8) is 0 Å². The van der Waals surface area contributed by atoms with Crippen LogP contribution < -0.4 is 58.6 Å². The molecule has 3 aromatic heterocycles. The Labute approximate surface area is 843 Å². The Morgan fingerprint density at radius 2 is 0.764 bits per heavy atom. The predicted octanol–water partition coefficient (Wildman–Crippen LogP) is 15.5. The molecule has 4 aliphatic carbocycles. The van der Waals surface area contributed by atoms with Gasteiger partial charge in [0.15, 0.2) is 17.2 Å². The third-order valence-electron chi connectivity index (χ3n) is 29.5. The molecule has 757 valence electrons. The Morgan fingerprint density at radius 3 is 1.17 bits per heavy atom. The number of alkyl carbamates (subject to hydrolysis) is 3. The van der Waals surface area contributed by atoms with Crippen LogP contribution in [-0.2, 0) is 118 Å². The summed E-state index contributed by atoms with van der Waals surface area (Å²) in [4.78, 5) is 151. The number of benzene rings is 3. The van der Waals surface area contributed by atoms with Crippen LogP contribution >= 0.6 is 0 Å². The van der Waals surface area contributed by atoms with E-state index >= 15 is 0 Å². The number of aromatic nitrogens is 6. The van der Waals surface area contributed by atoms with Gasteiger partial charge >= 0.3 is 37.2 Å². The number of fused-ring (bicyclic) bond motifs is 23. The van der Waals surface area contributed by atoms with Crippen molar-refractivity contribution >= 4 is 88.0 Å². The molecule has 0 spiro atoms. The molecule has 2 unspecified atom stereocenters. The Morgan fingerprint density at radius 1 is 0.400 bits per heavy atom. The predicted molar refractivity (Wildman–Crippen MR) is 477 cm³/mol. The Balaban J connectivity index is 0.000000166. The van der Waals surface area contributed by atoms with E-state index in [1.807, 2.05) is 95.7 Å². The van der Waals surface area contributed by atoms with Gasteiger partial charge < -0.3 is 102 Å². The van der Waals surface area contributed by atoms with Crippen LogP contribution in [0, 0.1) is 63.6 Å². The summed E-state index contributed by atoms with van der Waals surface area (Å²) in [5, 5.41) is 8.43. The maximum Gasteiger partial charge on any atom is 0.586 e. The van der Waals surface area contributed by atoms with Crippen LogP contribution in [0.4, 0.5) is 40.7 Å². The Kier molecular flexibility index (Phi) is 31.6. The van der Waals surface area contributed by atoms with Gasteiger partial charge in [0, 0.05) is 55.7 Å². The molecule has 6 aromatic rings. The van der Waals surface area contributed by atoms with Crippen molar-refractivity contribution in [3.8, 4) is 52.1 Å². The first kappa shape index (κ1) is 106. The van der Waals surface area contributed by atoms with Gasteiger partial charge in [-0.05, 0) is 203 Å².